The summed E-state index contributed by atoms with van der Waals surface area (Å²) in [6.45, 7) is 4.23. The fourth-order valence-electron chi connectivity index (χ4n) is 1.31. The van der Waals surface area contributed by atoms with Crippen molar-refractivity contribution in [1.29, 1.82) is 0 Å². The molecule has 2 aromatic carbocycles. The van der Waals surface area contributed by atoms with Gasteiger partial charge in [-0.25, -0.2) is 0 Å². The number of benzene rings is 2. The molecule has 0 unspecified atom stereocenters. The minimum Gasteiger partial charge on any atom is -0.0582 e. The minimum absolute atomic E-state index is 1.31. The molecule has 100 valence electrons. The third kappa shape index (κ3) is 6.00. The van der Waals surface area contributed by atoms with E-state index in [1.165, 1.54) is 20.9 Å². The van der Waals surface area contributed by atoms with E-state index in [2.05, 4.69) is 62.4 Å². The molecule has 0 spiro atoms. The first-order valence-electron chi connectivity index (χ1n) is 5.72. The monoisotopic (exact) mass is 342 g/mol. The molecule has 0 heterocycles. The van der Waals surface area contributed by atoms with Crippen molar-refractivity contribution in [3.8, 4) is 0 Å². The Labute approximate surface area is 133 Å². The number of hydrogen-bond donors (Lipinski definition) is 0. The van der Waals surface area contributed by atoms with Gasteiger partial charge in [0, 0.05) is 9.79 Å². The van der Waals surface area contributed by atoms with Crippen molar-refractivity contribution in [2.45, 2.75) is 23.6 Å². The highest BCUT2D eigenvalue weighted by Gasteiger charge is 1.98. The highest BCUT2D eigenvalue weighted by atomic mass is 33.8. The maximum Gasteiger partial charge on any atom is 0.0191 e. The Hall–Kier alpha value is 0.190. The van der Waals surface area contributed by atoms with Crippen LogP contribution in [-0.4, -0.2) is 0 Å². The van der Waals surface area contributed by atoms with E-state index in [9.17, 15) is 0 Å². The smallest absolute Gasteiger partial charge is 0.0191 e. The highest BCUT2D eigenvalue weighted by Crippen LogP contribution is 2.52. The van der Waals surface area contributed by atoms with Gasteiger partial charge in [-0.3, -0.25) is 0 Å². The van der Waals surface area contributed by atoms with Crippen molar-refractivity contribution in [1.82, 2.24) is 0 Å². The second-order valence-corrected chi connectivity index (χ2v) is 11.6. The zero-order valence-corrected chi connectivity index (χ0v) is 14.7. The Morgan fingerprint density at radius 2 is 0.895 bits per heavy atom. The lowest BCUT2D eigenvalue weighted by molar-refractivity contribution is 1.38. The average Bonchev–Trinajstić information content (AvgIpc) is 2.43. The predicted octanol–water partition coefficient (Wildman–Crippen LogP) is 7.05. The molecular weight excluding hydrogens is 328 g/mol. The molecule has 19 heavy (non-hydrogen) atoms. The third-order valence-corrected chi connectivity index (χ3v) is 10.7. The summed E-state index contributed by atoms with van der Waals surface area (Å²) in [6.07, 6.45) is 0. The number of hydrogen-bond acceptors (Lipinski definition) is 5. The van der Waals surface area contributed by atoms with Gasteiger partial charge < -0.3 is 0 Å². The topological polar surface area (TPSA) is 0 Å². The van der Waals surface area contributed by atoms with E-state index in [1.54, 1.807) is 0 Å². The zero-order valence-electron chi connectivity index (χ0n) is 10.7. The van der Waals surface area contributed by atoms with Crippen molar-refractivity contribution in [3.05, 3.63) is 59.7 Å². The fraction of sp³-hybridized carbons (Fsp3) is 0.143. The molecule has 0 aliphatic heterocycles. The lowest BCUT2D eigenvalue weighted by Crippen LogP contribution is -1.70. The quantitative estimate of drug-likeness (QED) is 0.406. The van der Waals surface area contributed by atoms with Gasteiger partial charge in [-0.05, 0) is 89.2 Å². The van der Waals surface area contributed by atoms with Gasteiger partial charge >= 0.3 is 0 Å². The molecule has 0 fully saturated rings. The molecule has 0 N–H and O–H groups in total. The molecule has 0 aliphatic rings. The van der Waals surface area contributed by atoms with E-state index in [1.807, 2.05) is 51.1 Å². The van der Waals surface area contributed by atoms with Crippen LogP contribution >= 0.6 is 51.1 Å². The molecule has 0 aliphatic carbocycles. The van der Waals surface area contributed by atoms with E-state index >= 15 is 0 Å². The number of aryl methyl sites for hydroxylation is 2. The van der Waals surface area contributed by atoms with Gasteiger partial charge in [-0.1, -0.05) is 35.4 Å². The predicted molar refractivity (Wildman–Crippen MR) is 96.8 cm³/mol. The Morgan fingerprint density at radius 3 is 1.26 bits per heavy atom. The molecule has 0 amide bonds. The van der Waals surface area contributed by atoms with E-state index < -0.39 is 0 Å². The Bertz CT molecular complexity index is 445. The summed E-state index contributed by atoms with van der Waals surface area (Å²) in [5.74, 6) is 0. The van der Waals surface area contributed by atoms with Gasteiger partial charge in [0.25, 0.3) is 0 Å². The molecule has 2 aromatic rings. The Kier molecular flexibility index (Phi) is 6.94. The SMILES string of the molecule is Cc1ccc(SSSSSc2ccc(C)cc2)cc1. The number of rotatable bonds is 6. The maximum atomic E-state index is 2.17. The van der Waals surface area contributed by atoms with Crippen LogP contribution in [0.5, 0.6) is 0 Å². The van der Waals surface area contributed by atoms with Crippen LogP contribution < -0.4 is 0 Å². The van der Waals surface area contributed by atoms with Gasteiger partial charge in [0.05, 0.1) is 0 Å². The van der Waals surface area contributed by atoms with Crippen LogP contribution in [0.1, 0.15) is 11.1 Å². The lowest BCUT2D eigenvalue weighted by Gasteiger charge is -2.01. The third-order valence-electron chi connectivity index (χ3n) is 2.36. The lowest BCUT2D eigenvalue weighted by atomic mass is 10.2. The first-order valence-corrected chi connectivity index (χ1v) is 11.9. The van der Waals surface area contributed by atoms with E-state index in [-0.39, 0.29) is 0 Å². The molecule has 0 bridgehead atoms. The molecule has 0 saturated heterocycles. The molecule has 2 rings (SSSR count). The first kappa shape index (κ1) is 15.6. The molecule has 0 nitrogen and oxygen atoms in total. The summed E-state index contributed by atoms with van der Waals surface area (Å²) < 4.78 is 0. The first-order chi connectivity index (χ1) is 9.24. The van der Waals surface area contributed by atoms with Crippen LogP contribution in [0, 0.1) is 13.8 Å². The van der Waals surface area contributed by atoms with E-state index in [4.69, 9.17) is 0 Å². The van der Waals surface area contributed by atoms with E-state index in [0.29, 0.717) is 0 Å². The minimum atomic E-state index is 1.31. The molecule has 0 saturated carbocycles. The second-order valence-electron chi connectivity index (χ2n) is 4.00. The largest absolute Gasteiger partial charge is 0.0582 e. The van der Waals surface area contributed by atoms with Crippen LogP contribution in [0.25, 0.3) is 0 Å². The maximum absolute atomic E-state index is 2.17. The second kappa shape index (κ2) is 8.47. The standard InChI is InChI=1S/C14H14S5/c1-11-3-7-13(8-4-11)15-17-19-18-16-14-9-5-12(2)6-10-14/h3-10H,1-2H3. The highest BCUT2D eigenvalue weighted by molar-refractivity contribution is 9.35. The van der Waals surface area contributed by atoms with Crippen LogP contribution in [0.15, 0.2) is 58.3 Å². The van der Waals surface area contributed by atoms with Crippen LogP contribution in [-0.2, 0) is 0 Å². The van der Waals surface area contributed by atoms with E-state index in [0.717, 1.165) is 0 Å². The van der Waals surface area contributed by atoms with Gasteiger partial charge in [0.2, 0.25) is 0 Å². The summed E-state index contributed by atoms with van der Waals surface area (Å²) in [5.41, 5.74) is 2.62. The van der Waals surface area contributed by atoms with Crippen LogP contribution in [0.3, 0.4) is 0 Å². The van der Waals surface area contributed by atoms with Gasteiger partial charge in [-0.2, -0.15) is 0 Å². The van der Waals surface area contributed by atoms with Gasteiger partial charge in [-0.15, -0.1) is 0 Å². The van der Waals surface area contributed by atoms with Gasteiger partial charge in [0.15, 0.2) is 0 Å². The zero-order chi connectivity index (χ0) is 13.5. The molecular formula is C14H14S5. The van der Waals surface area contributed by atoms with Crippen LogP contribution in [0.2, 0.25) is 0 Å². The summed E-state index contributed by atoms with van der Waals surface area (Å²) in [7, 11) is 9.06. The van der Waals surface area contributed by atoms with Crippen molar-refractivity contribution in [2.24, 2.45) is 0 Å². The summed E-state index contributed by atoms with van der Waals surface area (Å²) in [5, 5.41) is 0. The van der Waals surface area contributed by atoms with Crippen molar-refractivity contribution >= 4 is 51.1 Å². The van der Waals surface area contributed by atoms with Crippen LogP contribution in [0.4, 0.5) is 0 Å². The van der Waals surface area contributed by atoms with Gasteiger partial charge in [0.1, 0.15) is 0 Å². The average molecular weight is 343 g/mol. The Morgan fingerprint density at radius 1 is 0.526 bits per heavy atom. The molecule has 0 radical (unpaired) electrons. The summed E-state index contributed by atoms with van der Waals surface area (Å²) in [6, 6.07) is 17.3. The van der Waals surface area contributed by atoms with Crippen molar-refractivity contribution in [3.63, 3.8) is 0 Å². The molecule has 5 heteroatoms. The van der Waals surface area contributed by atoms with Crippen molar-refractivity contribution in [2.75, 3.05) is 0 Å². The Balaban J connectivity index is 1.64. The molecule has 0 atom stereocenters. The molecule has 0 aromatic heterocycles. The van der Waals surface area contributed by atoms with Crippen molar-refractivity contribution < 1.29 is 0 Å². The summed E-state index contributed by atoms with van der Waals surface area (Å²) in [4.78, 5) is 2.62. The fourth-order valence-corrected chi connectivity index (χ4v) is 9.48. The normalized spacial score (nSPS) is 10.6. The summed E-state index contributed by atoms with van der Waals surface area (Å²) >= 11 is 0.